The number of benzene rings is 1. The van der Waals surface area contributed by atoms with Crippen molar-refractivity contribution in [2.24, 2.45) is 0 Å². The molecule has 1 aliphatic heterocycles. The Balaban J connectivity index is 1.86. The van der Waals surface area contributed by atoms with Crippen LogP contribution in [-0.4, -0.2) is 36.0 Å². The number of amides is 2. The van der Waals surface area contributed by atoms with Crippen molar-refractivity contribution >= 4 is 29.3 Å². The molecule has 0 aromatic heterocycles. The third-order valence-corrected chi connectivity index (χ3v) is 3.97. The third kappa shape index (κ3) is 4.89. The molecule has 5 nitrogen and oxygen atoms in total. The Morgan fingerprint density at radius 1 is 1.43 bits per heavy atom. The Labute approximate surface area is 124 Å². The largest absolute Gasteiger partial charge is 0.435 e. The van der Waals surface area contributed by atoms with Crippen LogP contribution in [0.25, 0.3) is 0 Å². The van der Waals surface area contributed by atoms with Gasteiger partial charge in [0.25, 0.3) is 0 Å². The van der Waals surface area contributed by atoms with Crippen molar-refractivity contribution < 1.29 is 23.1 Å². The predicted octanol–water partition coefficient (Wildman–Crippen LogP) is 1.85. The van der Waals surface area contributed by atoms with Gasteiger partial charge in [-0.3, -0.25) is 9.59 Å². The fourth-order valence-electron chi connectivity index (χ4n) is 1.82. The van der Waals surface area contributed by atoms with Crippen LogP contribution < -0.4 is 15.4 Å². The maximum Gasteiger partial charge on any atom is 0.387 e. The van der Waals surface area contributed by atoms with Gasteiger partial charge in [-0.15, -0.1) is 11.8 Å². The Morgan fingerprint density at radius 2 is 2.14 bits per heavy atom. The van der Waals surface area contributed by atoms with Gasteiger partial charge in [0.15, 0.2) is 0 Å². The fourth-order valence-corrected chi connectivity index (χ4v) is 2.83. The van der Waals surface area contributed by atoms with Crippen molar-refractivity contribution in [2.45, 2.75) is 18.3 Å². The van der Waals surface area contributed by atoms with Crippen LogP contribution in [0.5, 0.6) is 5.75 Å². The highest BCUT2D eigenvalue weighted by atomic mass is 32.2. The summed E-state index contributed by atoms with van der Waals surface area (Å²) in [6.07, 6.45) is 0.0752. The zero-order valence-electron chi connectivity index (χ0n) is 11.0. The van der Waals surface area contributed by atoms with Crippen LogP contribution in [0.4, 0.5) is 14.5 Å². The molecule has 1 aromatic carbocycles. The number of halogens is 2. The molecule has 0 saturated carbocycles. The summed E-state index contributed by atoms with van der Waals surface area (Å²) >= 11 is 1.44. The standard InChI is InChI=1S/C13H14F2N2O3S/c14-13(15)20-9-3-1-8(2-4-9)17-11(18)7-10-12(19)16-5-6-21-10/h1-4,10,13H,5-7H2,(H,16,19)(H,17,18). The van der Waals surface area contributed by atoms with E-state index in [2.05, 4.69) is 15.4 Å². The van der Waals surface area contributed by atoms with Gasteiger partial charge in [0.2, 0.25) is 11.8 Å². The molecule has 0 bridgehead atoms. The molecule has 2 amide bonds. The summed E-state index contributed by atoms with van der Waals surface area (Å²) in [6, 6.07) is 5.60. The SMILES string of the molecule is O=C(CC1SCCNC1=O)Nc1ccc(OC(F)F)cc1. The normalized spacial score (nSPS) is 18.2. The first-order valence-electron chi connectivity index (χ1n) is 6.28. The molecule has 2 N–H and O–H groups in total. The number of rotatable bonds is 5. The maximum absolute atomic E-state index is 12.0. The lowest BCUT2D eigenvalue weighted by atomic mass is 10.2. The molecular formula is C13H14F2N2O3S. The Bertz CT molecular complexity index is 511. The van der Waals surface area contributed by atoms with E-state index in [-0.39, 0.29) is 29.2 Å². The van der Waals surface area contributed by atoms with Crippen molar-refractivity contribution in [1.82, 2.24) is 5.32 Å². The fraction of sp³-hybridized carbons (Fsp3) is 0.385. The number of ether oxygens (including phenoxy) is 1. The Morgan fingerprint density at radius 3 is 2.76 bits per heavy atom. The zero-order chi connectivity index (χ0) is 15.2. The number of hydrogen-bond donors (Lipinski definition) is 2. The molecule has 21 heavy (non-hydrogen) atoms. The van der Waals surface area contributed by atoms with Crippen LogP contribution in [0.3, 0.4) is 0 Å². The molecule has 1 saturated heterocycles. The molecule has 2 rings (SSSR count). The van der Waals surface area contributed by atoms with Gasteiger partial charge < -0.3 is 15.4 Å². The van der Waals surface area contributed by atoms with Crippen LogP contribution in [-0.2, 0) is 9.59 Å². The highest BCUT2D eigenvalue weighted by Gasteiger charge is 2.25. The first-order valence-corrected chi connectivity index (χ1v) is 7.33. The minimum absolute atomic E-state index is 0.0187. The summed E-state index contributed by atoms with van der Waals surface area (Å²) in [7, 11) is 0. The maximum atomic E-state index is 12.0. The van der Waals surface area contributed by atoms with E-state index in [0.717, 1.165) is 5.75 Å². The lowest BCUT2D eigenvalue weighted by Gasteiger charge is -2.20. The van der Waals surface area contributed by atoms with Crippen molar-refractivity contribution in [3.05, 3.63) is 24.3 Å². The minimum Gasteiger partial charge on any atom is -0.435 e. The van der Waals surface area contributed by atoms with E-state index in [1.807, 2.05) is 0 Å². The summed E-state index contributed by atoms with van der Waals surface area (Å²) in [5.41, 5.74) is 0.461. The highest BCUT2D eigenvalue weighted by molar-refractivity contribution is 8.00. The second kappa shape index (κ2) is 7.26. The van der Waals surface area contributed by atoms with Crippen molar-refractivity contribution in [1.29, 1.82) is 0 Å². The van der Waals surface area contributed by atoms with Crippen molar-refractivity contribution in [2.75, 3.05) is 17.6 Å². The monoisotopic (exact) mass is 316 g/mol. The molecular weight excluding hydrogens is 302 g/mol. The van der Waals surface area contributed by atoms with E-state index in [9.17, 15) is 18.4 Å². The smallest absolute Gasteiger partial charge is 0.387 e. The molecule has 1 fully saturated rings. The van der Waals surface area contributed by atoms with Crippen LogP contribution in [0.1, 0.15) is 6.42 Å². The average Bonchev–Trinajstić information content (AvgIpc) is 2.43. The van der Waals surface area contributed by atoms with Gasteiger partial charge in [0, 0.05) is 24.4 Å². The first kappa shape index (κ1) is 15.6. The molecule has 0 aliphatic carbocycles. The van der Waals surface area contributed by atoms with Gasteiger partial charge in [-0.2, -0.15) is 8.78 Å². The number of carbonyl (C=O) groups excluding carboxylic acids is 2. The molecule has 1 atom stereocenters. The topological polar surface area (TPSA) is 67.4 Å². The van der Waals surface area contributed by atoms with Gasteiger partial charge in [-0.1, -0.05) is 0 Å². The van der Waals surface area contributed by atoms with Crippen LogP contribution >= 0.6 is 11.8 Å². The van der Waals surface area contributed by atoms with Crippen LogP contribution in [0.15, 0.2) is 24.3 Å². The van der Waals surface area contributed by atoms with E-state index in [4.69, 9.17) is 0 Å². The van der Waals surface area contributed by atoms with Crippen LogP contribution in [0.2, 0.25) is 0 Å². The average molecular weight is 316 g/mol. The quantitative estimate of drug-likeness (QED) is 0.870. The lowest BCUT2D eigenvalue weighted by Crippen LogP contribution is -2.40. The lowest BCUT2D eigenvalue weighted by molar-refractivity contribution is -0.123. The minimum atomic E-state index is -2.88. The molecule has 1 heterocycles. The zero-order valence-corrected chi connectivity index (χ0v) is 11.8. The highest BCUT2D eigenvalue weighted by Crippen LogP contribution is 2.20. The van der Waals surface area contributed by atoms with Crippen molar-refractivity contribution in [3.63, 3.8) is 0 Å². The van der Waals surface area contributed by atoms with Crippen molar-refractivity contribution in [3.8, 4) is 5.75 Å². The molecule has 0 radical (unpaired) electrons. The summed E-state index contributed by atoms with van der Waals surface area (Å²) in [6.45, 7) is -2.26. The van der Waals surface area contributed by atoms with Gasteiger partial charge in [0.1, 0.15) is 5.75 Å². The van der Waals surface area contributed by atoms with Crippen LogP contribution in [0, 0.1) is 0 Å². The van der Waals surface area contributed by atoms with Gasteiger partial charge in [0.05, 0.1) is 5.25 Å². The molecule has 0 spiro atoms. The second-order valence-corrected chi connectivity index (χ2v) is 5.62. The summed E-state index contributed by atoms with van der Waals surface area (Å²) in [4.78, 5) is 23.4. The van der Waals surface area contributed by atoms with E-state index in [0.29, 0.717) is 12.2 Å². The number of alkyl halides is 2. The second-order valence-electron chi connectivity index (χ2n) is 4.31. The molecule has 1 aromatic rings. The predicted molar refractivity (Wildman–Crippen MR) is 75.6 cm³/mol. The molecule has 8 heteroatoms. The first-order chi connectivity index (χ1) is 10.0. The Kier molecular flexibility index (Phi) is 5.38. The molecule has 1 unspecified atom stereocenters. The summed E-state index contributed by atoms with van der Waals surface area (Å²) in [5.74, 6) is 0.364. The number of hydrogen-bond acceptors (Lipinski definition) is 4. The van der Waals surface area contributed by atoms with Gasteiger partial charge >= 0.3 is 6.61 Å². The molecule has 114 valence electrons. The van der Waals surface area contributed by atoms with E-state index in [1.165, 1.54) is 36.0 Å². The number of carbonyl (C=O) groups is 2. The number of thioether (sulfide) groups is 1. The summed E-state index contributed by atoms with van der Waals surface area (Å²) < 4.78 is 28.2. The number of anilines is 1. The van der Waals surface area contributed by atoms with E-state index >= 15 is 0 Å². The van der Waals surface area contributed by atoms with Gasteiger partial charge in [-0.05, 0) is 24.3 Å². The van der Waals surface area contributed by atoms with E-state index in [1.54, 1.807) is 0 Å². The molecule has 1 aliphatic rings. The van der Waals surface area contributed by atoms with Gasteiger partial charge in [-0.25, -0.2) is 0 Å². The number of nitrogens with one attached hydrogen (secondary N) is 2. The Hall–Kier alpha value is -1.83. The third-order valence-electron chi connectivity index (χ3n) is 2.75. The summed E-state index contributed by atoms with van der Waals surface area (Å²) in [5, 5.41) is 4.93. The van der Waals surface area contributed by atoms with E-state index < -0.39 is 6.61 Å².